The summed E-state index contributed by atoms with van der Waals surface area (Å²) in [5.41, 5.74) is 1.94. The Morgan fingerprint density at radius 1 is 1.30 bits per heavy atom. The molecule has 104 valence electrons. The van der Waals surface area contributed by atoms with E-state index < -0.39 is 0 Å². The largest absolute Gasteiger partial charge is 0.454 e. The summed E-state index contributed by atoms with van der Waals surface area (Å²) in [5, 5.41) is 3.77. The maximum atomic E-state index is 6.07. The van der Waals surface area contributed by atoms with Gasteiger partial charge in [0, 0.05) is 17.7 Å². The van der Waals surface area contributed by atoms with Crippen LogP contribution in [0, 0.1) is 0 Å². The van der Waals surface area contributed by atoms with Gasteiger partial charge >= 0.3 is 0 Å². The zero-order chi connectivity index (χ0) is 13.9. The standard InChI is InChI=1S/C14H14ClN3O2/c1-2-10-13(15)17-7-18-14(10)16-6-9-4-3-5-11-12(9)20-8-19-11/h3-5,7H,2,6,8H2,1H3,(H,16,17,18). The monoisotopic (exact) mass is 291 g/mol. The highest BCUT2D eigenvalue weighted by Gasteiger charge is 2.17. The topological polar surface area (TPSA) is 56.3 Å². The summed E-state index contributed by atoms with van der Waals surface area (Å²) < 4.78 is 10.8. The molecule has 2 heterocycles. The van der Waals surface area contributed by atoms with E-state index in [1.54, 1.807) is 0 Å². The van der Waals surface area contributed by atoms with Crippen molar-refractivity contribution in [2.45, 2.75) is 19.9 Å². The molecule has 0 saturated heterocycles. The van der Waals surface area contributed by atoms with Crippen molar-refractivity contribution in [1.82, 2.24) is 9.97 Å². The second-order valence-electron chi connectivity index (χ2n) is 4.35. The first-order valence-corrected chi connectivity index (χ1v) is 6.78. The molecule has 1 aromatic heterocycles. The van der Waals surface area contributed by atoms with Gasteiger partial charge in [0.15, 0.2) is 11.5 Å². The molecule has 5 nitrogen and oxygen atoms in total. The molecule has 0 radical (unpaired) electrons. The molecular weight excluding hydrogens is 278 g/mol. The highest BCUT2D eigenvalue weighted by molar-refractivity contribution is 6.30. The molecule has 0 unspecified atom stereocenters. The molecule has 3 rings (SSSR count). The number of para-hydroxylation sites is 1. The zero-order valence-corrected chi connectivity index (χ0v) is 11.8. The number of rotatable bonds is 4. The number of anilines is 1. The van der Waals surface area contributed by atoms with Gasteiger partial charge in [0.05, 0.1) is 0 Å². The number of nitrogens with one attached hydrogen (secondary N) is 1. The molecule has 0 aliphatic carbocycles. The summed E-state index contributed by atoms with van der Waals surface area (Å²) in [6.45, 7) is 2.88. The molecular formula is C14H14ClN3O2. The molecule has 1 aromatic carbocycles. The normalized spacial score (nSPS) is 12.5. The van der Waals surface area contributed by atoms with E-state index in [1.807, 2.05) is 25.1 Å². The van der Waals surface area contributed by atoms with Gasteiger partial charge in [-0.1, -0.05) is 30.7 Å². The quantitative estimate of drug-likeness (QED) is 0.878. The highest BCUT2D eigenvalue weighted by Crippen LogP contribution is 2.35. The third kappa shape index (κ3) is 2.36. The molecule has 2 aromatic rings. The molecule has 6 heteroatoms. The summed E-state index contributed by atoms with van der Waals surface area (Å²) in [6.07, 6.45) is 2.23. The highest BCUT2D eigenvalue weighted by atomic mass is 35.5. The van der Waals surface area contributed by atoms with Gasteiger partial charge < -0.3 is 14.8 Å². The number of aromatic nitrogens is 2. The van der Waals surface area contributed by atoms with E-state index in [-0.39, 0.29) is 6.79 Å². The van der Waals surface area contributed by atoms with E-state index in [9.17, 15) is 0 Å². The van der Waals surface area contributed by atoms with Crippen LogP contribution in [0.25, 0.3) is 0 Å². The summed E-state index contributed by atoms with van der Waals surface area (Å²) in [7, 11) is 0. The van der Waals surface area contributed by atoms with Crippen LogP contribution in [0.15, 0.2) is 24.5 Å². The lowest BCUT2D eigenvalue weighted by molar-refractivity contribution is 0.173. The molecule has 0 amide bonds. The molecule has 1 aliphatic heterocycles. The lowest BCUT2D eigenvalue weighted by Crippen LogP contribution is -2.06. The van der Waals surface area contributed by atoms with Crippen LogP contribution in [-0.2, 0) is 13.0 Å². The minimum Gasteiger partial charge on any atom is -0.454 e. The van der Waals surface area contributed by atoms with Crippen LogP contribution in [0.5, 0.6) is 11.5 Å². The maximum absolute atomic E-state index is 6.07. The molecule has 0 atom stereocenters. The molecule has 0 fully saturated rings. The van der Waals surface area contributed by atoms with Gasteiger partial charge in [0.25, 0.3) is 0 Å². The lowest BCUT2D eigenvalue weighted by Gasteiger charge is -2.11. The van der Waals surface area contributed by atoms with Gasteiger partial charge in [-0.3, -0.25) is 0 Å². The number of fused-ring (bicyclic) bond motifs is 1. The van der Waals surface area contributed by atoms with Crippen molar-refractivity contribution >= 4 is 17.4 Å². The second-order valence-corrected chi connectivity index (χ2v) is 4.71. The fourth-order valence-electron chi connectivity index (χ4n) is 2.17. The molecule has 1 N–H and O–H groups in total. The van der Waals surface area contributed by atoms with Crippen molar-refractivity contribution < 1.29 is 9.47 Å². The van der Waals surface area contributed by atoms with Gasteiger partial charge in [0.2, 0.25) is 6.79 Å². The average molecular weight is 292 g/mol. The molecule has 20 heavy (non-hydrogen) atoms. The van der Waals surface area contributed by atoms with Crippen molar-refractivity contribution in [2.24, 2.45) is 0 Å². The van der Waals surface area contributed by atoms with Crippen molar-refractivity contribution in [3.8, 4) is 11.5 Å². The van der Waals surface area contributed by atoms with Crippen LogP contribution >= 0.6 is 11.6 Å². The number of halogens is 1. The van der Waals surface area contributed by atoms with E-state index in [2.05, 4.69) is 15.3 Å². The van der Waals surface area contributed by atoms with Crippen LogP contribution in [0.1, 0.15) is 18.1 Å². The lowest BCUT2D eigenvalue weighted by atomic mass is 10.1. The minimum absolute atomic E-state index is 0.270. The molecule has 1 aliphatic rings. The summed E-state index contributed by atoms with van der Waals surface area (Å²) in [4.78, 5) is 8.23. The van der Waals surface area contributed by atoms with Crippen LogP contribution < -0.4 is 14.8 Å². The Kier molecular flexibility index (Phi) is 3.60. The Morgan fingerprint density at radius 3 is 3.05 bits per heavy atom. The zero-order valence-electron chi connectivity index (χ0n) is 11.0. The second kappa shape index (κ2) is 5.54. The predicted octanol–water partition coefficient (Wildman–Crippen LogP) is 3.03. The Bertz CT molecular complexity index is 620. The number of hydrogen-bond donors (Lipinski definition) is 1. The first-order chi connectivity index (χ1) is 9.79. The van der Waals surface area contributed by atoms with Crippen LogP contribution in [0.4, 0.5) is 5.82 Å². The van der Waals surface area contributed by atoms with Gasteiger partial charge in [0.1, 0.15) is 17.3 Å². The maximum Gasteiger partial charge on any atom is 0.231 e. The molecule has 0 bridgehead atoms. The Morgan fingerprint density at radius 2 is 2.20 bits per heavy atom. The fourth-order valence-corrected chi connectivity index (χ4v) is 2.43. The Balaban J connectivity index is 1.81. The van der Waals surface area contributed by atoms with E-state index in [0.29, 0.717) is 11.7 Å². The molecule has 0 saturated carbocycles. The van der Waals surface area contributed by atoms with Gasteiger partial charge in [-0.2, -0.15) is 0 Å². The predicted molar refractivity (Wildman–Crippen MR) is 76.3 cm³/mol. The van der Waals surface area contributed by atoms with Crippen LogP contribution in [0.2, 0.25) is 5.15 Å². The number of nitrogens with zero attached hydrogens (tertiary/aromatic N) is 2. The Hall–Kier alpha value is -2.01. The van der Waals surface area contributed by atoms with E-state index >= 15 is 0 Å². The first-order valence-electron chi connectivity index (χ1n) is 6.40. The Labute approximate surface area is 121 Å². The summed E-state index contributed by atoms with van der Waals surface area (Å²) in [5.74, 6) is 2.32. The number of benzene rings is 1. The fraction of sp³-hybridized carbons (Fsp3) is 0.286. The van der Waals surface area contributed by atoms with Crippen LogP contribution in [0.3, 0.4) is 0 Å². The summed E-state index contributed by atoms with van der Waals surface area (Å²) >= 11 is 6.07. The van der Waals surface area contributed by atoms with E-state index in [1.165, 1.54) is 6.33 Å². The number of ether oxygens (including phenoxy) is 2. The average Bonchev–Trinajstić information content (AvgIpc) is 2.94. The first kappa shape index (κ1) is 13.0. The molecule has 0 spiro atoms. The minimum atomic E-state index is 0.270. The van der Waals surface area contributed by atoms with Crippen molar-refractivity contribution in [3.63, 3.8) is 0 Å². The van der Waals surface area contributed by atoms with Gasteiger partial charge in [-0.05, 0) is 12.5 Å². The van der Waals surface area contributed by atoms with E-state index in [4.69, 9.17) is 21.1 Å². The van der Waals surface area contributed by atoms with Gasteiger partial charge in [-0.25, -0.2) is 9.97 Å². The van der Waals surface area contributed by atoms with E-state index in [0.717, 1.165) is 34.9 Å². The van der Waals surface area contributed by atoms with Crippen molar-refractivity contribution in [3.05, 3.63) is 40.8 Å². The van der Waals surface area contributed by atoms with Crippen molar-refractivity contribution in [2.75, 3.05) is 12.1 Å². The van der Waals surface area contributed by atoms with Crippen molar-refractivity contribution in [1.29, 1.82) is 0 Å². The van der Waals surface area contributed by atoms with Crippen LogP contribution in [-0.4, -0.2) is 16.8 Å². The summed E-state index contributed by atoms with van der Waals surface area (Å²) in [6, 6.07) is 5.83. The third-order valence-electron chi connectivity index (χ3n) is 3.17. The smallest absolute Gasteiger partial charge is 0.231 e. The van der Waals surface area contributed by atoms with Gasteiger partial charge in [-0.15, -0.1) is 0 Å². The number of hydrogen-bond acceptors (Lipinski definition) is 5. The SMILES string of the molecule is CCc1c(Cl)ncnc1NCc1cccc2c1OCO2. The third-order valence-corrected chi connectivity index (χ3v) is 3.50.